The highest BCUT2D eigenvalue weighted by atomic mass is 16.5. The van der Waals surface area contributed by atoms with E-state index in [0.717, 1.165) is 26.3 Å². The number of ether oxygens (including phenoxy) is 1. The van der Waals surface area contributed by atoms with Gasteiger partial charge >= 0.3 is 0 Å². The van der Waals surface area contributed by atoms with Crippen molar-refractivity contribution in [1.29, 1.82) is 0 Å². The quantitative estimate of drug-likeness (QED) is 0.843. The fraction of sp³-hybridized carbons (Fsp3) is 0.647. The van der Waals surface area contributed by atoms with Gasteiger partial charge in [0, 0.05) is 31.9 Å². The Bertz CT molecular complexity index is 460. The molecule has 3 heteroatoms. The molecular formula is C17H26N2O. The zero-order valence-corrected chi connectivity index (χ0v) is 12.9. The smallest absolute Gasteiger partial charge is 0.0645 e. The molecule has 0 N–H and O–H groups in total. The Morgan fingerprint density at radius 1 is 1.10 bits per heavy atom. The Kier molecular flexibility index (Phi) is 3.99. The molecule has 2 aliphatic heterocycles. The molecule has 1 aromatic rings. The van der Waals surface area contributed by atoms with E-state index < -0.39 is 0 Å². The van der Waals surface area contributed by atoms with Crippen LogP contribution in [-0.2, 0) is 4.74 Å². The van der Waals surface area contributed by atoms with Crippen LogP contribution in [0.4, 0.5) is 5.69 Å². The summed E-state index contributed by atoms with van der Waals surface area (Å²) in [5.41, 5.74) is 4.27. The number of nitrogens with zero attached hydrogens (tertiary/aromatic N) is 2. The largest absolute Gasteiger partial charge is 0.378 e. The molecule has 110 valence electrons. The fourth-order valence-electron chi connectivity index (χ4n) is 3.15. The molecule has 1 aromatic carbocycles. The molecular weight excluding hydrogens is 248 g/mol. The lowest BCUT2D eigenvalue weighted by Gasteiger charge is -2.43. The highest BCUT2D eigenvalue weighted by molar-refractivity contribution is 5.55. The minimum atomic E-state index is 0.609. The maximum absolute atomic E-state index is 5.30. The summed E-state index contributed by atoms with van der Waals surface area (Å²) in [4.78, 5) is 5.12. The van der Waals surface area contributed by atoms with Crippen LogP contribution in [0.2, 0.25) is 0 Å². The second-order valence-electron chi connectivity index (χ2n) is 6.41. The monoisotopic (exact) mass is 274 g/mol. The Morgan fingerprint density at radius 3 is 2.30 bits per heavy atom. The van der Waals surface area contributed by atoms with Crippen molar-refractivity contribution < 1.29 is 4.74 Å². The Hall–Kier alpha value is -1.06. The van der Waals surface area contributed by atoms with Gasteiger partial charge in [0.15, 0.2) is 0 Å². The number of hydrogen-bond acceptors (Lipinski definition) is 3. The molecule has 0 aromatic heterocycles. The third kappa shape index (κ3) is 2.70. The number of anilines is 1. The molecule has 0 atom stereocenters. The third-order valence-electron chi connectivity index (χ3n) is 4.68. The molecule has 0 spiro atoms. The van der Waals surface area contributed by atoms with Crippen molar-refractivity contribution >= 4 is 5.69 Å². The Balaban J connectivity index is 1.65. The predicted molar refractivity (Wildman–Crippen MR) is 83.7 cm³/mol. The van der Waals surface area contributed by atoms with Gasteiger partial charge in [0.2, 0.25) is 0 Å². The normalized spacial score (nSPS) is 21.3. The molecule has 2 fully saturated rings. The van der Waals surface area contributed by atoms with Crippen LogP contribution in [0.5, 0.6) is 0 Å². The summed E-state index contributed by atoms with van der Waals surface area (Å²) in [6.45, 7) is 13.2. The van der Waals surface area contributed by atoms with Crippen molar-refractivity contribution in [2.45, 2.75) is 32.7 Å². The van der Waals surface area contributed by atoms with Crippen molar-refractivity contribution in [3.63, 3.8) is 0 Å². The summed E-state index contributed by atoms with van der Waals surface area (Å²) < 4.78 is 5.30. The number of hydrogen-bond donors (Lipinski definition) is 0. The molecule has 3 rings (SSSR count). The summed E-state index contributed by atoms with van der Waals surface area (Å²) in [6.07, 6.45) is 0. The van der Waals surface area contributed by atoms with E-state index in [2.05, 4.69) is 48.8 Å². The van der Waals surface area contributed by atoms with Crippen LogP contribution in [0.15, 0.2) is 18.2 Å². The van der Waals surface area contributed by atoms with Crippen LogP contribution in [-0.4, -0.2) is 50.3 Å². The molecule has 0 unspecified atom stereocenters. The lowest BCUT2D eigenvalue weighted by Crippen LogP contribution is -2.56. The SMILES string of the molecule is Cc1cc(C(C)C)ccc1N1CCN(C2COC2)CC1. The van der Waals surface area contributed by atoms with Crippen LogP contribution in [0.25, 0.3) is 0 Å². The van der Waals surface area contributed by atoms with E-state index in [4.69, 9.17) is 4.74 Å². The lowest BCUT2D eigenvalue weighted by atomic mass is 9.99. The highest BCUT2D eigenvalue weighted by Crippen LogP contribution is 2.26. The van der Waals surface area contributed by atoms with Crippen LogP contribution >= 0.6 is 0 Å². The number of aryl methyl sites for hydroxylation is 1. The minimum absolute atomic E-state index is 0.609. The van der Waals surface area contributed by atoms with E-state index in [-0.39, 0.29) is 0 Å². The second-order valence-corrected chi connectivity index (χ2v) is 6.41. The summed E-state index contributed by atoms with van der Waals surface area (Å²) in [6, 6.07) is 7.64. The van der Waals surface area contributed by atoms with Crippen LogP contribution in [0, 0.1) is 6.92 Å². The summed E-state index contributed by atoms with van der Waals surface area (Å²) in [5.74, 6) is 0.609. The van der Waals surface area contributed by atoms with Gasteiger partial charge in [-0.2, -0.15) is 0 Å². The van der Waals surface area contributed by atoms with Gasteiger partial charge in [0.1, 0.15) is 0 Å². The van der Waals surface area contributed by atoms with Crippen molar-refractivity contribution in [3.05, 3.63) is 29.3 Å². The zero-order chi connectivity index (χ0) is 14.1. The maximum atomic E-state index is 5.30. The van der Waals surface area contributed by atoms with Crippen molar-refractivity contribution in [1.82, 2.24) is 4.90 Å². The van der Waals surface area contributed by atoms with Crippen molar-refractivity contribution in [3.8, 4) is 0 Å². The van der Waals surface area contributed by atoms with Gasteiger partial charge in [-0.15, -0.1) is 0 Å². The van der Waals surface area contributed by atoms with Gasteiger partial charge in [-0.1, -0.05) is 26.0 Å². The molecule has 3 nitrogen and oxygen atoms in total. The minimum Gasteiger partial charge on any atom is -0.378 e. The van der Waals surface area contributed by atoms with Gasteiger partial charge < -0.3 is 9.64 Å². The van der Waals surface area contributed by atoms with E-state index in [1.54, 1.807) is 0 Å². The number of rotatable bonds is 3. The first-order valence-electron chi connectivity index (χ1n) is 7.82. The third-order valence-corrected chi connectivity index (χ3v) is 4.68. The van der Waals surface area contributed by atoms with E-state index in [0.29, 0.717) is 12.0 Å². The first-order chi connectivity index (χ1) is 9.65. The molecule has 2 heterocycles. The van der Waals surface area contributed by atoms with E-state index >= 15 is 0 Å². The molecule has 0 amide bonds. The Morgan fingerprint density at radius 2 is 1.80 bits per heavy atom. The Labute approximate surface area is 122 Å². The molecule has 20 heavy (non-hydrogen) atoms. The highest BCUT2D eigenvalue weighted by Gasteiger charge is 2.29. The van der Waals surface area contributed by atoms with Gasteiger partial charge in [-0.25, -0.2) is 0 Å². The number of piperazine rings is 1. The average molecular weight is 274 g/mol. The predicted octanol–water partition coefficient (Wildman–Crippen LogP) is 2.64. The van der Waals surface area contributed by atoms with E-state index in [9.17, 15) is 0 Å². The summed E-state index contributed by atoms with van der Waals surface area (Å²) in [7, 11) is 0. The molecule has 0 aliphatic carbocycles. The standard InChI is InChI=1S/C17H26N2O/c1-13(2)15-4-5-17(14(3)10-15)19-8-6-18(7-9-19)16-11-20-12-16/h4-5,10,13,16H,6-9,11-12H2,1-3H3. The van der Waals surface area contributed by atoms with Gasteiger partial charge in [-0.05, 0) is 30.0 Å². The van der Waals surface area contributed by atoms with Crippen LogP contribution in [0.3, 0.4) is 0 Å². The van der Waals surface area contributed by atoms with Gasteiger partial charge in [-0.3, -0.25) is 4.90 Å². The maximum Gasteiger partial charge on any atom is 0.0645 e. The first-order valence-corrected chi connectivity index (χ1v) is 7.82. The van der Waals surface area contributed by atoms with E-state index in [1.807, 2.05) is 0 Å². The van der Waals surface area contributed by atoms with Gasteiger partial charge in [0.05, 0.1) is 19.3 Å². The van der Waals surface area contributed by atoms with E-state index in [1.165, 1.54) is 29.9 Å². The number of benzene rings is 1. The molecule has 2 aliphatic rings. The van der Waals surface area contributed by atoms with Crippen LogP contribution < -0.4 is 4.90 Å². The first kappa shape index (κ1) is 13.9. The second kappa shape index (κ2) is 5.74. The molecule has 0 bridgehead atoms. The average Bonchev–Trinajstić information content (AvgIpc) is 2.37. The molecule has 0 saturated carbocycles. The summed E-state index contributed by atoms with van der Waals surface area (Å²) in [5, 5.41) is 0. The molecule has 2 saturated heterocycles. The summed E-state index contributed by atoms with van der Waals surface area (Å²) >= 11 is 0. The topological polar surface area (TPSA) is 15.7 Å². The van der Waals surface area contributed by atoms with Crippen molar-refractivity contribution in [2.75, 3.05) is 44.3 Å². The lowest BCUT2D eigenvalue weighted by molar-refractivity contribution is -0.0660. The molecule has 0 radical (unpaired) electrons. The fourth-order valence-corrected chi connectivity index (χ4v) is 3.15. The zero-order valence-electron chi connectivity index (χ0n) is 12.9. The van der Waals surface area contributed by atoms with Crippen molar-refractivity contribution in [2.24, 2.45) is 0 Å². The van der Waals surface area contributed by atoms with Crippen LogP contribution in [0.1, 0.15) is 30.9 Å². The van der Waals surface area contributed by atoms with Gasteiger partial charge in [0.25, 0.3) is 0 Å².